The first-order chi connectivity index (χ1) is 8.99. The predicted octanol–water partition coefficient (Wildman–Crippen LogP) is 5.15. The van der Waals surface area contributed by atoms with Crippen LogP contribution in [0.2, 0.25) is 0 Å². The standard InChI is InChI=1S/C18H35N/c1-5-14-6-10-16(11-7-14)19-17-12-8-15(9-13-17)18(2,3)4/h14-17,19H,5-13H2,1-4H3. The molecule has 0 aromatic carbocycles. The van der Waals surface area contributed by atoms with E-state index in [-0.39, 0.29) is 0 Å². The van der Waals surface area contributed by atoms with E-state index in [4.69, 9.17) is 0 Å². The lowest BCUT2D eigenvalue weighted by atomic mass is 9.71. The lowest BCUT2D eigenvalue weighted by Crippen LogP contribution is -2.43. The van der Waals surface area contributed by atoms with Crippen molar-refractivity contribution in [2.75, 3.05) is 0 Å². The summed E-state index contributed by atoms with van der Waals surface area (Å²) in [4.78, 5) is 0. The molecule has 1 heteroatoms. The van der Waals surface area contributed by atoms with Crippen LogP contribution >= 0.6 is 0 Å². The number of hydrogen-bond acceptors (Lipinski definition) is 1. The van der Waals surface area contributed by atoms with Crippen molar-refractivity contribution in [2.45, 2.75) is 97.6 Å². The first-order valence-corrected chi connectivity index (χ1v) is 8.75. The molecule has 0 aromatic heterocycles. The average molecular weight is 265 g/mol. The molecule has 0 heterocycles. The molecule has 2 aliphatic carbocycles. The van der Waals surface area contributed by atoms with Gasteiger partial charge in [-0.25, -0.2) is 0 Å². The van der Waals surface area contributed by atoms with Crippen molar-refractivity contribution in [3.05, 3.63) is 0 Å². The summed E-state index contributed by atoms with van der Waals surface area (Å²) in [6.45, 7) is 9.60. The molecule has 2 fully saturated rings. The summed E-state index contributed by atoms with van der Waals surface area (Å²) in [7, 11) is 0. The molecule has 0 unspecified atom stereocenters. The highest BCUT2D eigenvalue weighted by molar-refractivity contribution is 4.86. The summed E-state index contributed by atoms with van der Waals surface area (Å²) in [6.07, 6.45) is 12.9. The van der Waals surface area contributed by atoms with Gasteiger partial charge in [-0.2, -0.15) is 0 Å². The fraction of sp³-hybridized carbons (Fsp3) is 1.00. The first kappa shape index (κ1) is 15.4. The van der Waals surface area contributed by atoms with Crippen molar-refractivity contribution in [1.29, 1.82) is 0 Å². The van der Waals surface area contributed by atoms with E-state index in [9.17, 15) is 0 Å². The minimum absolute atomic E-state index is 0.518. The molecule has 0 atom stereocenters. The maximum atomic E-state index is 3.97. The van der Waals surface area contributed by atoms with E-state index in [2.05, 4.69) is 33.0 Å². The summed E-state index contributed by atoms with van der Waals surface area (Å²) in [5.41, 5.74) is 0.518. The van der Waals surface area contributed by atoms with Gasteiger partial charge in [-0.1, -0.05) is 34.1 Å². The summed E-state index contributed by atoms with van der Waals surface area (Å²) < 4.78 is 0. The van der Waals surface area contributed by atoms with Crippen molar-refractivity contribution in [1.82, 2.24) is 5.32 Å². The second-order valence-electron chi connectivity index (χ2n) is 8.21. The summed E-state index contributed by atoms with van der Waals surface area (Å²) in [5, 5.41) is 3.97. The Bertz CT molecular complexity index is 249. The van der Waals surface area contributed by atoms with Crippen molar-refractivity contribution in [3.8, 4) is 0 Å². The highest BCUT2D eigenvalue weighted by Crippen LogP contribution is 2.38. The molecular formula is C18H35N. The molecule has 0 saturated heterocycles. The second kappa shape index (κ2) is 6.61. The van der Waals surface area contributed by atoms with Gasteiger partial charge >= 0.3 is 0 Å². The average Bonchev–Trinajstić information content (AvgIpc) is 2.39. The quantitative estimate of drug-likeness (QED) is 0.744. The Labute approximate surface area is 120 Å². The maximum Gasteiger partial charge on any atom is 0.00698 e. The lowest BCUT2D eigenvalue weighted by molar-refractivity contribution is 0.149. The molecule has 2 aliphatic rings. The third-order valence-corrected chi connectivity index (χ3v) is 5.85. The van der Waals surface area contributed by atoms with Crippen molar-refractivity contribution < 1.29 is 0 Å². The van der Waals surface area contributed by atoms with E-state index in [1.165, 1.54) is 57.8 Å². The highest BCUT2D eigenvalue weighted by Gasteiger charge is 2.30. The molecule has 0 spiro atoms. The van der Waals surface area contributed by atoms with Gasteiger partial charge in [0.15, 0.2) is 0 Å². The SMILES string of the molecule is CCC1CCC(NC2CCC(C(C)(C)C)CC2)CC1. The van der Waals surface area contributed by atoms with E-state index in [1.807, 2.05) is 0 Å². The smallest absolute Gasteiger partial charge is 0.00698 e. The Morgan fingerprint density at radius 2 is 1.26 bits per heavy atom. The number of hydrogen-bond donors (Lipinski definition) is 1. The lowest BCUT2D eigenvalue weighted by Gasteiger charge is -2.39. The fourth-order valence-corrected chi connectivity index (χ4v) is 4.20. The Kier molecular flexibility index (Phi) is 5.34. The Hall–Kier alpha value is -0.0400. The monoisotopic (exact) mass is 265 g/mol. The largest absolute Gasteiger partial charge is 0.311 e. The van der Waals surface area contributed by atoms with Gasteiger partial charge in [0.1, 0.15) is 0 Å². The first-order valence-electron chi connectivity index (χ1n) is 8.75. The Balaban J connectivity index is 1.69. The Morgan fingerprint density at radius 3 is 1.68 bits per heavy atom. The van der Waals surface area contributed by atoms with Crippen LogP contribution in [0, 0.1) is 17.3 Å². The van der Waals surface area contributed by atoms with Gasteiger partial charge in [0, 0.05) is 12.1 Å². The molecule has 0 aromatic rings. The van der Waals surface area contributed by atoms with Crippen LogP contribution in [-0.2, 0) is 0 Å². The number of rotatable bonds is 3. The summed E-state index contributed by atoms with van der Waals surface area (Å²) >= 11 is 0. The molecule has 112 valence electrons. The van der Waals surface area contributed by atoms with Crippen LogP contribution in [0.25, 0.3) is 0 Å². The normalized spacial score (nSPS) is 37.3. The zero-order valence-corrected chi connectivity index (χ0v) is 13.7. The molecule has 0 amide bonds. The third kappa shape index (κ3) is 4.48. The topological polar surface area (TPSA) is 12.0 Å². The van der Waals surface area contributed by atoms with Crippen LogP contribution in [0.5, 0.6) is 0 Å². The minimum Gasteiger partial charge on any atom is -0.311 e. The van der Waals surface area contributed by atoms with E-state index in [0.717, 1.165) is 23.9 Å². The van der Waals surface area contributed by atoms with Crippen LogP contribution in [-0.4, -0.2) is 12.1 Å². The molecule has 0 aliphatic heterocycles. The molecule has 2 saturated carbocycles. The second-order valence-corrected chi connectivity index (χ2v) is 8.21. The molecule has 1 N–H and O–H groups in total. The van der Waals surface area contributed by atoms with Gasteiger partial charge < -0.3 is 5.32 Å². The van der Waals surface area contributed by atoms with E-state index < -0.39 is 0 Å². The van der Waals surface area contributed by atoms with Gasteiger partial charge in [-0.05, 0) is 68.6 Å². The summed E-state index contributed by atoms with van der Waals surface area (Å²) in [5.74, 6) is 1.97. The Morgan fingerprint density at radius 1 is 0.789 bits per heavy atom. The van der Waals surface area contributed by atoms with Crippen LogP contribution in [0.3, 0.4) is 0 Å². The van der Waals surface area contributed by atoms with Crippen molar-refractivity contribution in [3.63, 3.8) is 0 Å². The van der Waals surface area contributed by atoms with Crippen molar-refractivity contribution in [2.24, 2.45) is 17.3 Å². The molecule has 1 nitrogen and oxygen atoms in total. The van der Waals surface area contributed by atoms with E-state index in [0.29, 0.717) is 5.41 Å². The summed E-state index contributed by atoms with van der Waals surface area (Å²) in [6, 6.07) is 1.65. The van der Waals surface area contributed by atoms with Gasteiger partial charge in [-0.3, -0.25) is 0 Å². The van der Waals surface area contributed by atoms with Gasteiger partial charge in [0.2, 0.25) is 0 Å². The van der Waals surface area contributed by atoms with Gasteiger partial charge in [0.25, 0.3) is 0 Å². The molecular weight excluding hydrogens is 230 g/mol. The van der Waals surface area contributed by atoms with Crippen LogP contribution < -0.4 is 5.32 Å². The van der Waals surface area contributed by atoms with E-state index in [1.54, 1.807) is 0 Å². The molecule has 19 heavy (non-hydrogen) atoms. The third-order valence-electron chi connectivity index (χ3n) is 5.85. The van der Waals surface area contributed by atoms with E-state index >= 15 is 0 Å². The zero-order chi connectivity index (χ0) is 13.9. The highest BCUT2D eigenvalue weighted by atomic mass is 15.0. The van der Waals surface area contributed by atoms with Crippen LogP contribution in [0.4, 0.5) is 0 Å². The van der Waals surface area contributed by atoms with Crippen LogP contribution in [0.1, 0.15) is 85.5 Å². The van der Waals surface area contributed by atoms with Crippen LogP contribution in [0.15, 0.2) is 0 Å². The molecule has 0 radical (unpaired) electrons. The van der Waals surface area contributed by atoms with Gasteiger partial charge in [-0.15, -0.1) is 0 Å². The predicted molar refractivity (Wildman–Crippen MR) is 84.4 cm³/mol. The maximum absolute atomic E-state index is 3.97. The fourth-order valence-electron chi connectivity index (χ4n) is 4.20. The van der Waals surface area contributed by atoms with Crippen molar-refractivity contribution >= 4 is 0 Å². The molecule has 2 rings (SSSR count). The minimum atomic E-state index is 0.518. The van der Waals surface area contributed by atoms with Gasteiger partial charge in [0.05, 0.1) is 0 Å². The number of nitrogens with one attached hydrogen (secondary N) is 1. The zero-order valence-electron chi connectivity index (χ0n) is 13.7. The molecule has 0 bridgehead atoms.